The van der Waals surface area contributed by atoms with Crippen LogP contribution >= 0.6 is 46.7 Å². The van der Waals surface area contributed by atoms with Gasteiger partial charge in [-0.2, -0.15) is 5.10 Å². The third-order valence-electron chi connectivity index (χ3n) is 5.76. The fraction of sp³-hybridized carbons (Fsp3) is 0.0645. The van der Waals surface area contributed by atoms with Crippen molar-refractivity contribution < 1.29 is 0 Å². The van der Waals surface area contributed by atoms with Crippen LogP contribution in [0.2, 0.25) is 10.0 Å². The number of halogens is 2. The highest BCUT2D eigenvalue weighted by Gasteiger charge is 2.16. The molecule has 0 N–H and O–H groups in total. The maximum Gasteiger partial charge on any atom is 0.107 e. The van der Waals surface area contributed by atoms with Crippen LogP contribution in [0.25, 0.3) is 17.0 Å². The van der Waals surface area contributed by atoms with Crippen molar-refractivity contribution in [2.24, 2.45) is 0 Å². The van der Waals surface area contributed by atoms with Gasteiger partial charge in [0, 0.05) is 42.6 Å². The van der Waals surface area contributed by atoms with Crippen molar-refractivity contribution in [2.45, 2.75) is 28.5 Å². The number of aromatic nitrogens is 2. The van der Waals surface area contributed by atoms with Gasteiger partial charge in [0.15, 0.2) is 0 Å². The first-order chi connectivity index (χ1) is 17.9. The van der Waals surface area contributed by atoms with E-state index in [4.69, 9.17) is 28.3 Å². The van der Waals surface area contributed by atoms with Crippen molar-refractivity contribution in [3.63, 3.8) is 0 Å². The summed E-state index contributed by atoms with van der Waals surface area (Å²) in [6, 6.07) is 32.8. The average Bonchev–Trinajstić information content (AvgIpc) is 3.31. The Hall–Kier alpha value is -2.89. The van der Waals surface area contributed by atoms with Crippen molar-refractivity contribution >= 4 is 52.4 Å². The fourth-order valence-electron chi connectivity index (χ4n) is 3.71. The van der Waals surface area contributed by atoms with Crippen LogP contribution in [0, 0.1) is 13.8 Å². The molecule has 0 radical (unpaired) electrons. The Morgan fingerprint density at radius 2 is 1.24 bits per heavy atom. The van der Waals surface area contributed by atoms with E-state index in [0.717, 1.165) is 37.2 Å². The maximum absolute atomic E-state index is 6.21. The summed E-state index contributed by atoms with van der Waals surface area (Å²) in [5, 5.41) is 8.64. The monoisotopic (exact) mass is 558 g/mol. The van der Waals surface area contributed by atoms with Gasteiger partial charge in [0.05, 0.1) is 10.6 Å². The molecule has 184 valence electrons. The quantitative estimate of drug-likeness (QED) is 0.185. The van der Waals surface area contributed by atoms with E-state index >= 15 is 0 Å². The highest BCUT2D eigenvalue weighted by Crippen LogP contribution is 2.38. The lowest BCUT2D eigenvalue weighted by atomic mass is 10.2. The molecule has 0 spiro atoms. The van der Waals surface area contributed by atoms with Crippen LogP contribution in [-0.4, -0.2) is 9.78 Å². The van der Waals surface area contributed by atoms with Crippen LogP contribution < -0.4 is 0 Å². The molecule has 0 amide bonds. The molecule has 0 aliphatic rings. The molecule has 0 atom stereocenters. The van der Waals surface area contributed by atoms with Crippen LogP contribution in [0.15, 0.2) is 123 Å². The third kappa shape index (κ3) is 6.52. The van der Waals surface area contributed by atoms with Crippen LogP contribution in [0.4, 0.5) is 0 Å². The average molecular weight is 560 g/mol. The van der Waals surface area contributed by atoms with Crippen LogP contribution in [0.3, 0.4) is 0 Å². The van der Waals surface area contributed by atoms with Crippen molar-refractivity contribution in [3.8, 4) is 11.3 Å². The highest BCUT2D eigenvalue weighted by atomic mass is 35.5. The van der Waals surface area contributed by atoms with Crippen molar-refractivity contribution in [3.05, 3.63) is 135 Å². The number of hydrogen-bond acceptors (Lipinski definition) is 3. The molecule has 4 aromatic carbocycles. The minimum Gasteiger partial charge on any atom is -0.238 e. The largest absolute Gasteiger partial charge is 0.238 e. The molecule has 2 nitrogen and oxygen atoms in total. The summed E-state index contributed by atoms with van der Waals surface area (Å²) < 4.78 is 1.96. The molecule has 5 aromatic rings. The molecule has 0 fully saturated rings. The van der Waals surface area contributed by atoms with Gasteiger partial charge in [0.25, 0.3) is 0 Å². The molecule has 0 aliphatic carbocycles. The van der Waals surface area contributed by atoms with E-state index in [1.54, 1.807) is 23.5 Å². The molecule has 1 heterocycles. The van der Waals surface area contributed by atoms with E-state index in [1.807, 2.05) is 53.2 Å². The van der Waals surface area contributed by atoms with E-state index in [-0.39, 0.29) is 0 Å². The van der Waals surface area contributed by atoms with E-state index in [1.165, 1.54) is 11.1 Å². The zero-order valence-electron chi connectivity index (χ0n) is 20.4. The minimum atomic E-state index is 0.701. The number of benzene rings is 4. The number of aryl methyl sites for hydroxylation is 2. The van der Waals surface area contributed by atoms with Crippen molar-refractivity contribution in [1.82, 2.24) is 9.78 Å². The number of rotatable bonds is 7. The molecule has 37 heavy (non-hydrogen) atoms. The standard InChI is InChI=1S/C31H24Cl2N2S2/c1-21-3-15-27(16-4-21)36-20-29(23-7-11-25(32)12-8-23)35-19-30(37-28-17-5-22(2)6-18-28)31(34-35)24-9-13-26(33)14-10-24/h3-20H,1-2H3/b29-20-. The van der Waals surface area contributed by atoms with E-state index in [0.29, 0.717) is 10.0 Å². The van der Waals surface area contributed by atoms with Gasteiger partial charge in [-0.15, -0.1) is 0 Å². The minimum absolute atomic E-state index is 0.701. The number of nitrogens with zero attached hydrogens (tertiary/aromatic N) is 2. The van der Waals surface area contributed by atoms with Gasteiger partial charge in [0.1, 0.15) is 5.69 Å². The van der Waals surface area contributed by atoms with E-state index in [9.17, 15) is 0 Å². The second-order valence-electron chi connectivity index (χ2n) is 8.65. The van der Waals surface area contributed by atoms with Crippen molar-refractivity contribution in [2.75, 3.05) is 0 Å². The van der Waals surface area contributed by atoms with Gasteiger partial charge >= 0.3 is 0 Å². The molecule has 0 aliphatic heterocycles. The Balaban J connectivity index is 1.60. The molecule has 0 bridgehead atoms. The molecule has 0 saturated heterocycles. The summed E-state index contributed by atoms with van der Waals surface area (Å²) in [5.74, 6) is 0. The topological polar surface area (TPSA) is 17.8 Å². The molecular weight excluding hydrogens is 535 g/mol. The van der Waals surface area contributed by atoms with Crippen molar-refractivity contribution in [1.29, 1.82) is 0 Å². The zero-order valence-corrected chi connectivity index (χ0v) is 23.5. The van der Waals surface area contributed by atoms with Crippen LogP contribution in [-0.2, 0) is 0 Å². The van der Waals surface area contributed by atoms with Gasteiger partial charge < -0.3 is 0 Å². The predicted octanol–water partition coefficient (Wildman–Crippen LogP) is 10.3. The highest BCUT2D eigenvalue weighted by molar-refractivity contribution is 8.02. The Morgan fingerprint density at radius 1 is 0.703 bits per heavy atom. The van der Waals surface area contributed by atoms with E-state index in [2.05, 4.69) is 74.0 Å². The Labute approximate surface area is 236 Å². The lowest BCUT2D eigenvalue weighted by Gasteiger charge is -2.09. The second kappa shape index (κ2) is 11.7. The SMILES string of the molecule is Cc1ccc(S/C=C(/c2ccc(Cl)cc2)n2cc(Sc3ccc(C)cc3)c(-c3ccc(Cl)cc3)n2)cc1. The fourth-order valence-corrected chi connectivity index (χ4v) is 5.68. The normalized spacial score (nSPS) is 11.6. The van der Waals surface area contributed by atoms with Gasteiger partial charge in [-0.05, 0) is 62.4 Å². The van der Waals surface area contributed by atoms with Gasteiger partial charge in [-0.3, -0.25) is 0 Å². The predicted molar refractivity (Wildman–Crippen MR) is 160 cm³/mol. The van der Waals surface area contributed by atoms with Gasteiger partial charge in [-0.1, -0.05) is 106 Å². The maximum atomic E-state index is 6.21. The summed E-state index contributed by atoms with van der Waals surface area (Å²) in [6.45, 7) is 4.19. The first-order valence-electron chi connectivity index (χ1n) is 11.7. The Bertz CT molecular complexity index is 1520. The van der Waals surface area contributed by atoms with Crippen LogP contribution in [0.5, 0.6) is 0 Å². The number of hydrogen-bond donors (Lipinski definition) is 0. The summed E-state index contributed by atoms with van der Waals surface area (Å²) in [7, 11) is 0. The van der Waals surface area contributed by atoms with Gasteiger partial charge in [0.2, 0.25) is 0 Å². The summed E-state index contributed by atoms with van der Waals surface area (Å²) >= 11 is 15.8. The summed E-state index contributed by atoms with van der Waals surface area (Å²) in [5.41, 5.74) is 6.39. The molecule has 6 heteroatoms. The molecule has 1 aromatic heterocycles. The Morgan fingerprint density at radius 3 is 1.84 bits per heavy atom. The van der Waals surface area contributed by atoms with E-state index < -0.39 is 0 Å². The molecular formula is C31H24Cl2N2S2. The molecule has 0 unspecified atom stereocenters. The Kier molecular flexibility index (Phi) is 8.11. The third-order valence-corrected chi connectivity index (χ3v) is 8.18. The lowest BCUT2D eigenvalue weighted by Crippen LogP contribution is -1.99. The van der Waals surface area contributed by atoms with Gasteiger partial charge in [-0.25, -0.2) is 4.68 Å². The molecule has 0 saturated carbocycles. The summed E-state index contributed by atoms with van der Waals surface area (Å²) in [4.78, 5) is 3.38. The number of thioether (sulfide) groups is 1. The zero-order chi connectivity index (χ0) is 25.8. The van der Waals surface area contributed by atoms with Crippen LogP contribution in [0.1, 0.15) is 16.7 Å². The first-order valence-corrected chi connectivity index (χ1v) is 14.2. The first kappa shape index (κ1) is 25.7. The smallest absolute Gasteiger partial charge is 0.107 e. The second-order valence-corrected chi connectivity index (χ2v) is 11.6. The summed E-state index contributed by atoms with van der Waals surface area (Å²) in [6.07, 6.45) is 2.10. The lowest BCUT2D eigenvalue weighted by molar-refractivity contribution is 0.908. The molecule has 5 rings (SSSR count).